The van der Waals surface area contributed by atoms with E-state index >= 15 is 0 Å². The number of rotatable bonds is 68. The first-order valence-corrected chi connectivity index (χ1v) is 39.3. The van der Waals surface area contributed by atoms with Crippen molar-refractivity contribution < 1.29 is 80.2 Å². The Morgan fingerprint density at radius 3 is 0.764 bits per heavy atom. The Bertz CT molecular complexity index is 1750. The quantitative estimate of drug-likeness (QED) is 0.0222. The highest BCUT2D eigenvalue weighted by atomic mass is 31.2. The summed E-state index contributed by atoms with van der Waals surface area (Å²) in [7, 11) is -9.90. The van der Waals surface area contributed by atoms with Crippen LogP contribution in [-0.4, -0.2) is 96.7 Å². The second kappa shape index (κ2) is 61.0. The van der Waals surface area contributed by atoms with Crippen LogP contribution in [0.2, 0.25) is 0 Å². The summed E-state index contributed by atoms with van der Waals surface area (Å²) in [6.07, 6.45) is 44.7. The molecule has 0 rings (SSSR count). The van der Waals surface area contributed by atoms with Gasteiger partial charge >= 0.3 is 39.5 Å². The summed E-state index contributed by atoms with van der Waals surface area (Å²) in [6.45, 7) is 11.7. The van der Waals surface area contributed by atoms with Gasteiger partial charge in [-0.3, -0.25) is 37.3 Å². The molecule has 3 N–H and O–H groups in total. The van der Waals surface area contributed by atoms with Gasteiger partial charge in [-0.2, -0.15) is 0 Å². The molecule has 0 fully saturated rings. The largest absolute Gasteiger partial charge is 0.472 e. The maximum Gasteiger partial charge on any atom is 0.472 e. The number of unbranched alkanes of at least 4 members (excludes halogenated alkanes) is 36. The van der Waals surface area contributed by atoms with Crippen molar-refractivity contribution in [3.05, 3.63) is 0 Å². The zero-order valence-corrected chi connectivity index (χ0v) is 59.7. The molecule has 0 amide bonds. The Kier molecular flexibility index (Phi) is 59.6. The van der Waals surface area contributed by atoms with Crippen LogP contribution in [0.3, 0.4) is 0 Å². The third kappa shape index (κ3) is 64.6. The minimum Gasteiger partial charge on any atom is -0.462 e. The van der Waals surface area contributed by atoms with Crippen LogP contribution >= 0.6 is 15.6 Å². The molecule has 0 bridgehead atoms. The number of carbonyl (C=O) groups is 4. The zero-order chi connectivity index (χ0) is 65.9. The van der Waals surface area contributed by atoms with Gasteiger partial charge in [-0.1, -0.05) is 299 Å². The van der Waals surface area contributed by atoms with E-state index in [0.29, 0.717) is 37.5 Å². The van der Waals surface area contributed by atoms with E-state index in [1.54, 1.807) is 0 Å². The fourth-order valence-electron chi connectivity index (χ4n) is 10.5. The standard InChI is InChI=1S/C70H136O17P2/c1-8-9-10-11-12-13-20-24-29-37-44-51-67(72)80-57-65(86-69(74)53-46-39-30-25-22-19-17-15-14-16-18-21-23-27-34-41-48-61(2)3)59-84-88(76,77)82-55-64(71)56-83-89(78,79)85-60-66(58-81-68(73)52-45-38-33-32-36-43-50-63(6)7)87-70(75)54-47-40-31-26-28-35-42-49-62(4)5/h61-66,71H,8-60H2,1-7H3,(H,76,77)(H,78,79)/t64-,65-,66-/m1/s1. The van der Waals surface area contributed by atoms with Gasteiger partial charge in [0.25, 0.3) is 0 Å². The number of carbonyl (C=O) groups excluding carboxylic acids is 4. The first-order valence-electron chi connectivity index (χ1n) is 36.3. The average Bonchev–Trinajstić information content (AvgIpc) is 3.66. The van der Waals surface area contributed by atoms with E-state index in [0.717, 1.165) is 102 Å². The van der Waals surface area contributed by atoms with Crippen LogP contribution in [0.1, 0.15) is 350 Å². The average molecular weight is 1310 g/mol. The van der Waals surface area contributed by atoms with Crippen molar-refractivity contribution in [2.75, 3.05) is 39.6 Å². The normalized spacial score (nSPS) is 14.2. The molecule has 0 heterocycles. The number of aliphatic hydroxyl groups is 1. The zero-order valence-electron chi connectivity index (χ0n) is 57.9. The molecule has 0 aliphatic heterocycles. The molecule has 0 aromatic rings. The lowest BCUT2D eigenvalue weighted by molar-refractivity contribution is -0.161. The molecule has 19 heteroatoms. The summed E-state index contributed by atoms with van der Waals surface area (Å²) in [5, 5.41) is 10.6. The number of phosphoric acid groups is 2. The second-order valence-corrected chi connectivity index (χ2v) is 29.6. The van der Waals surface area contributed by atoms with E-state index in [9.17, 15) is 43.2 Å². The predicted octanol–water partition coefficient (Wildman–Crippen LogP) is 19.8. The van der Waals surface area contributed by atoms with Gasteiger partial charge in [-0.15, -0.1) is 0 Å². The van der Waals surface area contributed by atoms with E-state index in [1.807, 2.05) is 0 Å². The SMILES string of the molecule is CCCCCCCCCCCCCC(=O)OC[C@H](COP(=O)(O)OC[C@@H](O)COP(=O)(O)OC[C@@H](COC(=O)CCCCCCCCC(C)C)OC(=O)CCCCCCCCCC(C)C)OC(=O)CCCCCCCCCCCCCCCCCCC(C)C. The molecule has 5 atom stereocenters. The van der Waals surface area contributed by atoms with Crippen LogP contribution in [-0.2, 0) is 65.4 Å². The van der Waals surface area contributed by atoms with Crippen molar-refractivity contribution in [1.29, 1.82) is 0 Å². The number of ether oxygens (including phenoxy) is 4. The molecule has 0 radical (unpaired) electrons. The van der Waals surface area contributed by atoms with Crippen LogP contribution < -0.4 is 0 Å². The van der Waals surface area contributed by atoms with Crippen LogP contribution in [0.5, 0.6) is 0 Å². The summed E-state index contributed by atoms with van der Waals surface area (Å²) in [6, 6.07) is 0. The van der Waals surface area contributed by atoms with Crippen molar-refractivity contribution in [1.82, 2.24) is 0 Å². The van der Waals surface area contributed by atoms with Crippen molar-refractivity contribution in [2.45, 2.75) is 369 Å². The molecule has 17 nitrogen and oxygen atoms in total. The van der Waals surface area contributed by atoms with Gasteiger partial charge in [0, 0.05) is 25.7 Å². The first kappa shape index (κ1) is 87.1. The Morgan fingerprint density at radius 2 is 0.517 bits per heavy atom. The van der Waals surface area contributed by atoms with Crippen molar-refractivity contribution in [2.24, 2.45) is 17.8 Å². The number of hydrogen-bond donors (Lipinski definition) is 3. The molecular weight excluding hydrogens is 1170 g/mol. The highest BCUT2D eigenvalue weighted by Gasteiger charge is 2.30. The minimum absolute atomic E-state index is 0.102. The predicted molar refractivity (Wildman–Crippen MR) is 358 cm³/mol. The van der Waals surface area contributed by atoms with E-state index in [4.69, 9.17) is 37.0 Å². The summed E-state index contributed by atoms with van der Waals surface area (Å²) in [4.78, 5) is 72.4. The Balaban J connectivity index is 5.19. The van der Waals surface area contributed by atoms with Crippen LogP contribution in [0.4, 0.5) is 0 Å². The number of phosphoric ester groups is 2. The van der Waals surface area contributed by atoms with Gasteiger partial charge in [0.05, 0.1) is 26.4 Å². The molecule has 0 aromatic carbocycles. The Hall–Kier alpha value is -1.94. The molecule has 89 heavy (non-hydrogen) atoms. The maximum absolute atomic E-state index is 13.0. The van der Waals surface area contributed by atoms with Crippen molar-refractivity contribution >= 4 is 39.5 Å². The van der Waals surface area contributed by atoms with E-state index in [2.05, 4.69) is 48.5 Å². The molecule has 0 aromatic heterocycles. The first-order chi connectivity index (χ1) is 42.7. The maximum atomic E-state index is 13.0. The lowest BCUT2D eigenvalue weighted by Gasteiger charge is -2.21. The van der Waals surface area contributed by atoms with Gasteiger partial charge in [-0.05, 0) is 43.4 Å². The summed E-state index contributed by atoms with van der Waals surface area (Å²) < 4.78 is 68.2. The monoisotopic (exact) mass is 1310 g/mol. The highest BCUT2D eigenvalue weighted by molar-refractivity contribution is 7.47. The van der Waals surface area contributed by atoms with Crippen LogP contribution in [0.15, 0.2) is 0 Å². The number of aliphatic hydroxyl groups excluding tert-OH is 1. The Labute approximate surface area is 543 Å². The van der Waals surface area contributed by atoms with Gasteiger partial charge in [0.2, 0.25) is 0 Å². The number of hydrogen-bond acceptors (Lipinski definition) is 15. The lowest BCUT2D eigenvalue weighted by atomic mass is 10.0. The van der Waals surface area contributed by atoms with Gasteiger partial charge < -0.3 is 33.8 Å². The molecular formula is C70H136O17P2. The van der Waals surface area contributed by atoms with Crippen LogP contribution in [0.25, 0.3) is 0 Å². The molecule has 528 valence electrons. The Morgan fingerprint density at radius 1 is 0.303 bits per heavy atom. The summed E-state index contributed by atoms with van der Waals surface area (Å²) >= 11 is 0. The van der Waals surface area contributed by atoms with Gasteiger partial charge in [0.1, 0.15) is 19.3 Å². The van der Waals surface area contributed by atoms with E-state index < -0.39 is 97.5 Å². The molecule has 0 saturated carbocycles. The molecule has 2 unspecified atom stereocenters. The van der Waals surface area contributed by atoms with Crippen LogP contribution in [0, 0.1) is 17.8 Å². The molecule has 0 aliphatic carbocycles. The second-order valence-electron chi connectivity index (χ2n) is 26.7. The topological polar surface area (TPSA) is 237 Å². The van der Waals surface area contributed by atoms with E-state index in [-0.39, 0.29) is 25.7 Å². The third-order valence-electron chi connectivity index (χ3n) is 16.1. The van der Waals surface area contributed by atoms with Crippen molar-refractivity contribution in [3.8, 4) is 0 Å². The molecule has 0 saturated heterocycles. The minimum atomic E-state index is -4.95. The summed E-state index contributed by atoms with van der Waals surface area (Å²) in [5.41, 5.74) is 0. The van der Waals surface area contributed by atoms with Crippen molar-refractivity contribution in [3.63, 3.8) is 0 Å². The van der Waals surface area contributed by atoms with Gasteiger partial charge in [0.15, 0.2) is 12.2 Å². The smallest absolute Gasteiger partial charge is 0.462 e. The fourth-order valence-corrected chi connectivity index (χ4v) is 12.1. The third-order valence-corrected chi connectivity index (χ3v) is 18.0. The summed E-state index contributed by atoms with van der Waals surface area (Å²) in [5.74, 6) is 0.0540. The lowest BCUT2D eigenvalue weighted by Crippen LogP contribution is -2.30. The highest BCUT2D eigenvalue weighted by Crippen LogP contribution is 2.45. The fraction of sp³-hybridized carbons (Fsp3) is 0.943. The van der Waals surface area contributed by atoms with E-state index in [1.165, 1.54) is 154 Å². The number of esters is 4. The molecule has 0 spiro atoms. The van der Waals surface area contributed by atoms with Gasteiger partial charge in [-0.25, -0.2) is 9.13 Å². The molecule has 0 aliphatic rings.